The van der Waals surface area contributed by atoms with Crippen LogP contribution in [0.15, 0.2) is 0 Å². The van der Waals surface area contributed by atoms with Crippen LogP contribution in [-0.4, -0.2) is 37.9 Å². The molecular formula is C6H16NO6Rf2S-. The Bertz CT molecular complexity index is 249. The molecule has 0 spiro atoms. The Hall–Kier alpha value is -2.25. The summed E-state index contributed by atoms with van der Waals surface area (Å²) in [6.07, 6.45) is 0. The van der Waals surface area contributed by atoms with Gasteiger partial charge in [0.15, 0.2) is 0 Å². The van der Waals surface area contributed by atoms with Crippen molar-refractivity contribution in [2.24, 2.45) is 5.41 Å². The first kappa shape index (κ1) is 23.5. The minimum absolute atomic E-state index is 0. The second kappa shape index (κ2) is 8.09. The van der Waals surface area contributed by atoms with Crippen molar-refractivity contribution in [3.05, 3.63) is 7.11 Å². The zero-order valence-electron chi connectivity index (χ0n) is 9.64. The van der Waals surface area contributed by atoms with E-state index in [1.165, 1.54) is 6.92 Å². The number of aliphatic hydroxyl groups is 1. The molecule has 92 valence electrons. The summed E-state index contributed by atoms with van der Waals surface area (Å²) in [6.45, 7) is 0.714. The Labute approximate surface area is 83.6 Å². The molecule has 10 heteroatoms. The summed E-state index contributed by atoms with van der Waals surface area (Å²) >= 11 is 0. The molecule has 1 atom stereocenters. The van der Waals surface area contributed by atoms with Crippen LogP contribution >= 0.6 is 0 Å². The summed E-state index contributed by atoms with van der Waals surface area (Å²) in [4.78, 5) is 0. The average Bonchev–Trinajstić information content (AvgIpc) is 2.01. The summed E-state index contributed by atoms with van der Waals surface area (Å²) in [6, 6.07) is 0. The van der Waals surface area contributed by atoms with Gasteiger partial charge in [-0.05, 0) is 0 Å². The third-order valence-corrected chi connectivity index (χ3v) is 1.79. The van der Waals surface area contributed by atoms with E-state index < -0.39 is 22.4 Å². The number of quaternary nitrogens is 1. The first-order valence-electron chi connectivity index (χ1n) is 3.41. The van der Waals surface area contributed by atoms with Crippen molar-refractivity contribution in [2.75, 3.05) is 19.8 Å². The van der Waals surface area contributed by atoms with E-state index in [-0.39, 0.29) is 19.4 Å². The van der Waals surface area contributed by atoms with Crippen molar-refractivity contribution in [3.8, 4) is 0 Å². The molecule has 0 amide bonds. The molecular weight excluding hydrogens is 748 g/mol. The van der Waals surface area contributed by atoms with E-state index in [0.717, 1.165) is 0 Å². The minimum Gasteiger partial charge on any atom is -0.726 e. The monoisotopic (exact) mass is 764 g/mol. The van der Waals surface area contributed by atoms with E-state index in [9.17, 15) is 13.0 Å². The number of aliphatic hydroxyl groups excluding tert-OH is 1. The molecule has 7 nitrogen and oxygen atoms in total. The molecule has 0 aromatic heterocycles. The summed E-state index contributed by atoms with van der Waals surface area (Å²) in [5, 5.41) is 8.83. The molecule has 0 saturated heterocycles. The van der Waals surface area contributed by atoms with Gasteiger partial charge in [-0.3, -0.25) is 4.18 Å². The van der Waals surface area contributed by atoms with Gasteiger partial charge in [-0.15, -0.1) is 0 Å². The maximum absolute atomic E-state index is 10.1. The molecule has 0 aliphatic heterocycles. The Morgan fingerprint density at radius 2 is 1.81 bits per heavy atom. The van der Waals surface area contributed by atoms with Gasteiger partial charge >= 0.3 is 0 Å². The molecule has 0 fully saturated rings. The quantitative estimate of drug-likeness (QED) is 0.216. The standard InChI is InChI=1S/C6H13O6S.H3N.2Rf/c1-6(3-7,4-11-2)5-12-13(8,9)10;;;/h7H,2-5H2,1H3,(H,8,9,10);1H3;;/q-1;;;. The Morgan fingerprint density at radius 3 is 2.06 bits per heavy atom. The molecule has 0 rings (SSSR count). The van der Waals surface area contributed by atoms with Gasteiger partial charge in [0, 0.05) is 12.0 Å². The normalized spacial score (nSPS) is 13.8. The van der Waals surface area contributed by atoms with Crippen molar-refractivity contribution in [1.82, 2.24) is 6.15 Å². The van der Waals surface area contributed by atoms with Crippen LogP contribution in [0.5, 0.6) is 0 Å². The molecule has 0 aliphatic carbocycles. The summed E-state index contributed by atoms with van der Waals surface area (Å²) in [5.41, 5.74) is -0.931. The molecule has 1 unspecified atom stereocenters. The van der Waals surface area contributed by atoms with Gasteiger partial charge in [-0.25, -0.2) is 15.5 Å². The molecule has 16 heavy (non-hydrogen) atoms. The predicted octanol–water partition coefficient (Wildman–Crippen LogP) is -0.354. The summed E-state index contributed by atoms with van der Waals surface area (Å²) < 4.78 is 38.7. The average molecular weight is 764 g/mol. The van der Waals surface area contributed by atoms with Crippen LogP contribution in [0.4, 0.5) is 0 Å². The molecule has 0 aromatic carbocycles. The summed E-state index contributed by atoms with van der Waals surface area (Å²) in [5.74, 6) is 0. The zero-order valence-corrected chi connectivity index (χ0v) is 23.3. The molecule has 0 bridgehead atoms. The van der Waals surface area contributed by atoms with Gasteiger partial charge in [-0.2, -0.15) is 0 Å². The predicted molar refractivity (Wildman–Crippen MR) is 48.1 cm³/mol. The number of hydrogen-bond acceptors (Lipinski definition) is 6. The van der Waals surface area contributed by atoms with Gasteiger partial charge in [0.05, 0.1) is 13.2 Å². The first-order chi connectivity index (χ1) is 5.83. The second-order valence-electron chi connectivity index (χ2n) is 2.99. The zero-order chi connectivity index (χ0) is 10.5. The van der Waals surface area contributed by atoms with Crippen molar-refractivity contribution >= 4 is 10.4 Å². The molecule has 0 saturated carbocycles. The van der Waals surface area contributed by atoms with Gasteiger partial charge < -0.3 is 20.5 Å². The van der Waals surface area contributed by atoms with Gasteiger partial charge in [0.25, 0.3) is 0 Å². The first-order valence-corrected chi connectivity index (χ1v) is 4.74. The van der Waals surface area contributed by atoms with Gasteiger partial charge in [0.2, 0.25) is 10.4 Å². The maximum atomic E-state index is 10.1. The maximum Gasteiger partial charge on any atom is 0.217 e. The second-order valence-corrected chi connectivity index (χ2v) is 4.04. The van der Waals surface area contributed by atoms with Crippen LogP contribution in [0.25, 0.3) is 0 Å². The van der Waals surface area contributed by atoms with E-state index in [1.54, 1.807) is 0 Å². The third-order valence-electron chi connectivity index (χ3n) is 1.38. The smallest absolute Gasteiger partial charge is 0.217 e. The van der Waals surface area contributed by atoms with Crippen LogP contribution in [0, 0.1) is 12.5 Å². The Kier molecular flexibility index (Phi) is 11.9. The molecule has 0 aliphatic rings. The van der Waals surface area contributed by atoms with E-state index >= 15 is 0 Å². The van der Waals surface area contributed by atoms with Crippen LogP contribution in [0.3, 0.4) is 0 Å². The topological polar surface area (TPSA) is 132 Å². The van der Waals surface area contributed by atoms with Crippen LogP contribution < -0.4 is 6.15 Å². The molecule has 5 N–H and O–H groups in total. The number of rotatable bonds is 6. The van der Waals surface area contributed by atoms with Crippen LogP contribution in [0.1, 0.15) is 6.92 Å². The van der Waals surface area contributed by atoms with E-state index in [0.29, 0.717) is 0 Å². The van der Waals surface area contributed by atoms with Crippen molar-refractivity contribution in [3.63, 3.8) is 0 Å². The fourth-order valence-corrected chi connectivity index (χ4v) is 1.02. The SMILES string of the molecule is [CH2-]OCC(C)(CO)COS(=O)(=O)[O-].[NH4+].[Rf].[Rf]. The Balaban J connectivity index is -0.000000240. The van der Waals surface area contributed by atoms with Crippen molar-refractivity contribution in [2.45, 2.75) is 6.92 Å². The van der Waals surface area contributed by atoms with Crippen LogP contribution in [0.2, 0.25) is 0 Å². The van der Waals surface area contributed by atoms with E-state index in [2.05, 4.69) is 16.0 Å². The summed E-state index contributed by atoms with van der Waals surface area (Å²) in [7, 11) is -1.65. The largest absolute Gasteiger partial charge is 0.726 e. The Morgan fingerprint density at radius 1 is 1.38 bits per heavy atom. The van der Waals surface area contributed by atoms with Crippen molar-refractivity contribution < 1.29 is 27.0 Å². The number of hydrogen-bond donors (Lipinski definition) is 2. The molecule has 0 aromatic rings. The van der Waals surface area contributed by atoms with E-state index in [1.807, 2.05) is 0 Å². The van der Waals surface area contributed by atoms with Crippen molar-refractivity contribution in [1.29, 1.82) is 0 Å². The molecule has 0 radical (unpaired) electrons. The van der Waals surface area contributed by atoms with Gasteiger partial charge in [-0.1, -0.05) is 6.92 Å². The minimum atomic E-state index is -4.72. The third kappa shape index (κ3) is 9.84. The number of ether oxygens (including phenoxy) is 1. The van der Waals surface area contributed by atoms with E-state index in [4.69, 9.17) is 5.11 Å². The molecule has 0 heterocycles. The fraction of sp³-hybridized carbons (Fsp3) is 0.833. The fourth-order valence-electron chi connectivity index (χ4n) is 0.594. The van der Waals surface area contributed by atoms with Gasteiger partial charge in [0.1, 0.15) is 0 Å². The van der Waals surface area contributed by atoms with Crippen LogP contribution in [-0.2, 0) is 19.3 Å².